The number of rotatable bonds is 3. The van der Waals surface area contributed by atoms with E-state index in [2.05, 4.69) is 35.9 Å². The van der Waals surface area contributed by atoms with Crippen molar-refractivity contribution in [1.29, 1.82) is 0 Å². The van der Waals surface area contributed by atoms with E-state index in [1.54, 1.807) is 6.07 Å². The minimum atomic E-state index is -1.35. The van der Waals surface area contributed by atoms with Gasteiger partial charge >= 0.3 is 0 Å². The number of halogens is 1. The second kappa shape index (κ2) is 7.13. The lowest BCUT2D eigenvalue weighted by Gasteiger charge is -2.19. The van der Waals surface area contributed by atoms with Gasteiger partial charge in [-0.2, -0.15) is 0 Å². The fourth-order valence-corrected chi connectivity index (χ4v) is 3.47. The summed E-state index contributed by atoms with van der Waals surface area (Å²) < 4.78 is 0.257. The molecule has 0 bridgehead atoms. The van der Waals surface area contributed by atoms with E-state index < -0.39 is 28.8 Å². The van der Waals surface area contributed by atoms with Gasteiger partial charge in [0.25, 0.3) is 11.1 Å². The summed E-state index contributed by atoms with van der Waals surface area (Å²) in [4.78, 5) is 34.4. The van der Waals surface area contributed by atoms with Crippen LogP contribution in [0.4, 0.5) is 0 Å². The smallest absolute Gasteiger partial charge is 0.259 e. The van der Waals surface area contributed by atoms with Crippen molar-refractivity contribution in [2.75, 3.05) is 0 Å². The van der Waals surface area contributed by atoms with E-state index in [-0.39, 0.29) is 32.0 Å². The molecule has 12 heteroatoms. The minimum absolute atomic E-state index is 0.0713. The molecule has 7 N–H and O–H groups in total. The van der Waals surface area contributed by atoms with Crippen LogP contribution in [0.5, 0.6) is 17.5 Å². The van der Waals surface area contributed by atoms with Gasteiger partial charge < -0.3 is 25.3 Å². The molecule has 0 amide bonds. The maximum absolute atomic E-state index is 12.5. The Morgan fingerprint density at radius 3 is 1.78 bits per heavy atom. The minimum Gasteiger partial charge on any atom is -0.508 e. The zero-order chi connectivity index (χ0) is 19.9. The van der Waals surface area contributed by atoms with Gasteiger partial charge in [0.2, 0.25) is 0 Å². The van der Waals surface area contributed by atoms with Gasteiger partial charge in [-0.1, -0.05) is 15.9 Å². The van der Waals surface area contributed by atoms with Gasteiger partial charge in [0, 0.05) is 10.0 Å². The fraction of sp³-hybridized carbons (Fsp3) is 0.0667. The van der Waals surface area contributed by atoms with Gasteiger partial charge in [-0.3, -0.25) is 19.6 Å². The standard InChI is InChI=1S/C15H11BrN4O5S2/c16-4-1-2-6(21)5(3-4)7(8-10(22)17-14(26)18-11(8)23)9-12(24)19-15(27)20-13(9)25/h1-3,7,21H,(H3,17,18,22,23,26)(H3,19,20,24,25,27). The van der Waals surface area contributed by atoms with E-state index in [1.807, 2.05) is 0 Å². The molecule has 3 rings (SSSR count). The SMILES string of the molecule is O=c1[nH]c(=S)[nH]c(O)c1C(c1cc(Br)ccc1O)c1c(O)[nH]c(=S)[nH]c1=O. The molecule has 1 aromatic carbocycles. The highest BCUT2D eigenvalue weighted by molar-refractivity contribution is 9.10. The maximum atomic E-state index is 12.5. The monoisotopic (exact) mass is 470 g/mol. The predicted octanol–water partition coefficient (Wildman–Crippen LogP) is 2.24. The van der Waals surface area contributed by atoms with Crippen molar-refractivity contribution in [3.8, 4) is 17.5 Å². The molecule has 0 spiro atoms. The molecule has 140 valence electrons. The number of nitrogens with one attached hydrogen (secondary N) is 4. The van der Waals surface area contributed by atoms with Gasteiger partial charge in [0.15, 0.2) is 21.3 Å². The molecule has 0 atom stereocenters. The van der Waals surface area contributed by atoms with Crippen molar-refractivity contribution < 1.29 is 15.3 Å². The highest BCUT2D eigenvalue weighted by Gasteiger charge is 2.31. The number of benzene rings is 1. The predicted molar refractivity (Wildman–Crippen MR) is 105 cm³/mol. The van der Waals surface area contributed by atoms with Crippen molar-refractivity contribution in [1.82, 2.24) is 19.9 Å². The van der Waals surface area contributed by atoms with Crippen LogP contribution in [0.25, 0.3) is 0 Å². The number of phenolic OH excluding ortho intramolecular Hbond substituents is 1. The molecule has 0 unspecified atom stereocenters. The molecule has 0 aliphatic carbocycles. The summed E-state index contributed by atoms with van der Waals surface area (Å²) in [6.45, 7) is 0. The highest BCUT2D eigenvalue weighted by atomic mass is 79.9. The average Bonchev–Trinajstić information content (AvgIpc) is 2.54. The van der Waals surface area contributed by atoms with Gasteiger partial charge in [-0.05, 0) is 42.6 Å². The number of phenols is 1. The lowest BCUT2D eigenvalue weighted by molar-refractivity contribution is 0.427. The van der Waals surface area contributed by atoms with Crippen LogP contribution in [0.2, 0.25) is 0 Å². The first kappa shape index (κ1) is 19.1. The van der Waals surface area contributed by atoms with Crippen LogP contribution in [-0.2, 0) is 0 Å². The quantitative estimate of drug-likeness (QED) is 0.289. The summed E-state index contributed by atoms with van der Waals surface area (Å²) in [5.74, 6) is -2.86. The Morgan fingerprint density at radius 1 is 0.852 bits per heavy atom. The summed E-state index contributed by atoms with van der Waals surface area (Å²) in [5, 5.41) is 30.9. The highest BCUT2D eigenvalue weighted by Crippen LogP contribution is 2.40. The fourth-order valence-electron chi connectivity index (χ4n) is 2.72. The number of aromatic hydroxyl groups is 3. The molecule has 0 aliphatic rings. The van der Waals surface area contributed by atoms with Crippen molar-refractivity contribution in [2.45, 2.75) is 5.92 Å². The number of aromatic nitrogens is 4. The molecular formula is C15H11BrN4O5S2. The first-order valence-corrected chi connectivity index (χ1v) is 8.89. The molecule has 9 nitrogen and oxygen atoms in total. The maximum Gasteiger partial charge on any atom is 0.259 e. The summed E-state index contributed by atoms with van der Waals surface area (Å²) >= 11 is 12.9. The molecule has 2 heterocycles. The summed E-state index contributed by atoms with van der Waals surface area (Å²) in [6, 6.07) is 4.32. The van der Waals surface area contributed by atoms with Gasteiger partial charge in [-0.15, -0.1) is 0 Å². The number of hydrogen-bond acceptors (Lipinski definition) is 7. The first-order chi connectivity index (χ1) is 12.7. The molecule has 0 radical (unpaired) electrons. The summed E-state index contributed by atoms with van der Waals surface area (Å²) in [5.41, 5.74) is -2.20. The van der Waals surface area contributed by atoms with Crippen molar-refractivity contribution in [3.05, 3.63) is 69.6 Å². The van der Waals surface area contributed by atoms with E-state index in [4.69, 9.17) is 24.4 Å². The van der Waals surface area contributed by atoms with Crippen LogP contribution in [0.3, 0.4) is 0 Å². The average molecular weight is 471 g/mol. The molecule has 0 fully saturated rings. The Hall–Kier alpha value is -2.70. The van der Waals surface area contributed by atoms with E-state index in [0.29, 0.717) is 4.47 Å². The Kier molecular flexibility index (Phi) is 5.04. The van der Waals surface area contributed by atoms with Crippen molar-refractivity contribution in [2.24, 2.45) is 0 Å². The Labute approximate surface area is 168 Å². The van der Waals surface area contributed by atoms with Crippen LogP contribution >= 0.6 is 40.4 Å². The normalized spacial score (nSPS) is 11.0. The molecule has 3 aromatic rings. The van der Waals surface area contributed by atoms with Crippen LogP contribution in [0, 0.1) is 9.54 Å². The number of aromatic amines is 4. The van der Waals surface area contributed by atoms with Crippen LogP contribution < -0.4 is 11.1 Å². The third kappa shape index (κ3) is 3.59. The van der Waals surface area contributed by atoms with Gasteiger partial charge in [0.05, 0.1) is 17.0 Å². The first-order valence-electron chi connectivity index (χ1n) is 7.28. The second-order valence-electron chi connectivity index (χ2n) is 5.48. The summed E-state index contributed by atoms with van der Waals surface area (Å²) in [6.07, 6.45) is 0. The number of hydrogen-bond donors (Lipinski definition) is 7. The third-order valence-electron chi connectivity index (χ3n) is 3.80. The zero-order valence-electron chi connectivity index (χ0n) is 13.2. The van der Waals surface area contributed by atoms with Gasteiger partial charge in [-0.25, -0.2) is 0 Å². The zero-order valence-corrected chi connectivity index (χ0v) is 16.4. The molecule has 0 aliphatic heterocycles. The molecule has 0 saturated carbocycles. The largest absolute Gasteiger partial charge is 0.508 e. The lowest BCUT2D eigenvalue weighted by Crippen LogP contribution is -2.25. The third-order valence-corrected chi connectivity index (χ3v) is 4.70. The van der Waals surface area contributed by atoms with Crippen molar-refractivity contribution in [3.63, 3.8) is 0 Å². The second-order valence-corrected chi connectivity index (χ2v) is 7.21. The number of H-pyrrole nitrogens is 4. The van der Waals surface area contributed by atoms with E-state index in [9.17, 15) is 24.9 Å². The van der Waals surface area contributed by atoms with E-state index in [1.165, 1.54) is 12.1 Å². The van der Waals surface area contributed by atoms with Crippen LogP contribution in [0.15, 0.2) is 32.3 Å². The Morgan fingerprint density at radius 2 is 1.33 bits per heavy atom. The Bertz CT molecular complexity index is 1200. The lowest BCUT2D eigenvalue weighted by atomic mass is 9.86. The van der Waals surface area contributed by atoms with Crippen LogP contribution in [-0.4, -0.2) is 35.3 Å². The molecule has 2 aromatic heterocycles. The van der Waals surface area contributed by atoms with Gasteiger partial charge in [0.1, 0.15) is 5.75 Å². The molecule has 27 heavy (non-hydrogen) atoms. The topological polar surface area (TPSA) is 158 Å². The van der Waals surface area contributed by atoms with E-state index >= 15 is 0 Å². The van der Waals surface area contributed by atoms with E-state index in [0.717, 1.165) is 0 Å². The molecular weight excluding hydrogens is 460 g/mol. The van der Waals surface area contributed by atoms with Crippen LogP contribution in [0.1, 0.15) is 22.6 Å². The summed E-state index contributed by atoms with van der Waals surface area (Å²) in [7, 11) is 0. The van der Waals surface area contributed by atoms with Crippen molar-refractivity contribution >= 4 is 40.4 Å². The molecule has 0 saturated heterocycles. The Balaban J connectivity index is 2.49.